The van der Waals surface area contributed by atoms with Crippen LogP contribution in [0.15, 0.2) is 49.0 Å². The molecule has 0 saturated carbocycles. The molecule has 0 N–H and O–H groups in total. The summed E-state index contributed by atoms with van der Waals surface area (Å²) in [5.74, 6) is 1.32. The first kappa shape index (κ1) is 14.9. The summed E-state index contributed by atoms with van der Waals surface area (Å²) < 4.78 is 5.39. The van der Waals surface area contributed by atoms with E-state index in [2.05, 4.69) is 63.7 Å². The summed E-state index contributed by atoms with van der Waals surface area (Å²) in [5, 5.41) is 0. The second-order valence-electron chi connectivity index (χ2n) is 7.19. The van der Waals surface area contributed by atoms with Crippen molar-refractivity contribution in [2.45, 2.75) is 38.5 Å². The molecular weight excluding hydrogens is 268 g/mol. The molecule has 1 atom stereocenters. The average molecular weight is 292 g/mol. The maximum atomic E-state index is 5.39. The second-order valence-corrected chi connectivity index (χ2v) is 7.19. The van der Waals surface area contributed by atoms with Crippen LogP contribution in [0.4, 0.5) is 0 Å². The van der Waals surface area contributed by atoms with Crippen molar-refractivity contribution in [2.24, 2.45) is 0 Å². The summed E-state index contributed by atoms with van der Waals surface area (Å²) >= 11 is 0. The number of methoxy groups -OCH3 is 1. The predicted octanol–water partition coefficient (Wildman–Crippen LogP) is 5.54. The van der Waals surface area contributed by atoms with Gasteiger partial charge in [-0.1, -0.05) is 57.7 Å². The van der Waals surface area contributed by atoms with Gasteiger partial charge < -0.3 is 4.74 Å². The van der Waals surface area contributed by atoms with Crippen molar-refractivity contribution in [3.8, 4) is 5.75 Å². The van der Waals surface area contributed by atoms with Gasteiger partial charge in [0.1, 0.15) is 5.75 Å². The lowest BCUT2D eigenvalue weighted by atomic mass is 9.84. The predicted molar refractivity (Wildman–Crippen MR) is 93.6 cm³/mol. The third-order valence-electron chi connectivity index (χ3n) is 4.64. The van der Waals surface area contributed by atoms with Crippen LogP contribution in [0.1, 0.15) is 55.4 Å². The standard InChI is InChI=1S/C21H24O/c1-14-12-19(20-13-17(22-5)10-11-18(14)20)15-6-8-16(9-7-15)21(2,3)4/h6-11,13,19H,1,12H2,2-5H3. The van der Waals surface area contributed by atoms with Crippen molar-refractivity contribution in [3.63, 3.8) is 0 Å². The molecule has 1 aliphatic carbocycles. The average Bonchev–Trinajstić information content (AvgIpc) is 2.83. The second kappa shape index (κ2) is 5.31. The van der Waals surface area contributed by atoms with Gasteiger partial charge in [0.2, 0.25) is 0 Å². The summed E-state index contributed by atoms with van der Waals surface area (Å²) in [6, 6.07) is 15.4. The molecule has 0 aromatic heterocycles. The Balaban J connectivity index is 1.99. The minimum absolute atomic E-state index is 0.193. The lowest BCUT2D eigenvalue weighted by molar-refractivity contribution is 0.414. The number of fused-ring (bicyclic) bond motifs is 1. The van der Waals surface area contributed by atoms with Gasteiger partial charge in [-0.05, 0) is 51.8 Å². The molecule has 0 heterocycles. The molecule has 1 nitrogen and oxygen atoms in total. The Morgan fingerprint density at radius 1 is 1.05 bits per heavy atom. The Morgan fingerprint density at radius 2 is 1.73 bits per heavy atom. The Morgan fingerprint density at radius 3 is 2.32 bits per heavy atom. The summed E-state index contributed by atoms with van der Waals surface area (Å²) in [4.78, 5) is 0. The highest BCUT2D eigenvalue weighted by Crippen LogP contribution is 2.45. The first-order valence-electron chi connectivity index (χ1n) is 7.86. The summed E-state index contributed by atoms with van der Waals surface area (Å²) in [7, 11) is 1.72. The lowest BCUT2D eigenvalue weighted by Gasteiger charge is -2.20. The van der Waals surface area contributed by atoms with Crippen molar-refractivity contribution >= 4 is 5.57 Å². The van der Waals surface area contributed by atoms with E-state index in [1.54, 1.807) is 7.11 Å². The monoisotopic (exact) mass is 292 g/mol. The van der Waals surface area contributed by atoms with Gasteiger partial charge in [-0.3, -0.25) is 0 Å². The first-order valence-corrected chi connectivity index (χ1v) is 7.86. The summed E-state index contributed by atoms with van der Waals surface area (Å²) in [6.07, 6.45) is 0.997. The molecule has 0 aliphatic heterocycles. The Bertz CT molecular complexity index is 702. The van der Waals surface area contributed by atoms with E-state index >= 15 is 0 Å². The largest absolute Gasteiger partial charge is 0.497 e. The van der Waals surface area contributed by atoms with E-state index in [1.165, 1.54) is 27.8 Å². The molecule has 114 valence electrons. The van der Waals surface area contributed by atoms with Gasteiger partial charge in [0.25, 0.3) is 0 Å². The fraction of sp³-hybridized carbons (Fsp3) is 0.333. The molecule has 2 aromatic rings. The van der Waals surface area contributed by atoms with E-state index in [0.717, 1.165) is 12.2 Å². The third kappa shape index (κ3) is 2.56. The number of hydrogen-bond acceptors (Lipinski definition) is 1. The van der Waals surface area contributed by atoms with Gasteiger partial charge in [-0.2, -0.15) is 0 Å². The minimum atomic E-state index is 0.193. The van der Waals surface area contributed by atoms with Crippen LogP contribution in [0.3, 0.4) is 0 Å². The fourth-order valence-corrected chi connectivity index (χ4v) is 3.26. The Kier molecular flexibility index (Phi) is 3.60. The Hall–Kier alpha value is -2.02. The van der Waals surface area contributed by atoms with E-state index < -0.39 is 0 Å². The maximum Gasteiger partial charge on any atom is 0.119 e. The van der Waals surface area contributed by atoms with Crippen LogP contribution in [-0.4, -0.2) is 7.11 Å². The number of hydrogen-bond donors (Lipinski definition) is 0. The molecule has 1 unspecified atom stereocenters. The molecule has 1 heteroatoms. The highest BCUT2D eigenvalue weighted by molar-refractivity contribution is 5.74. The number of rotatable bonds is 2. The molecule has 0 spiro atoms. The van der Waals surface area contributed by atoms with Crippen LogP contribution in [0.2, 0.25) is 0 Å². The van der Waals surface area contributed by atoms with Crippen molar-refractivity contribution in [2.75, 3.05) is 7.11 Å². The van der Waals surface area contributed by atoms with Crippen molar-refractivity contribution in [1.29, 1.82) is 0 Å². The smallest absolute Gasteiger partial charge is 0.119 e. The lowest BCUT2D eigenvalue weighted by Crippen LogP contribution is -2.11. The molecule has 0 amide bonds. The molecule has 2 aromatic carbocycles. The van der Waals surface area contributed by atoms with E-state index in [0.29, 0.717) is 5.92 Å². The molecule has 3 rings (SSSR count). The van der Waals surface area contributed by atoms with Crippen LogP contribution in [0.25, 0.3) is 5.57 Å². The van der Waals surface area contributed by atoms with Gasteiger partial charge in [0.15, 0.2) is 0 Å². The topological polar surface area (TPSA) is 9.23 Å². The number of allylic oxidation sites excluding steroid dienone is 1. The third-order valence-corrected chi connectivity index (χ3v) is 4.64. The molecule has 22 heavy (non-hydrogen) atoms. The SMILES string of the molecule is C=C1CC(c2ccc(C(C)(C)C)cc2)c2cc(OC)ccc21. The zero-order valence-electron chi connectivity index (χ0n) is 13.9. The van der Waals surface area contributed by atoms with Gasteiger partial charge in [-0.25, -0.2) is 0 Å². The van der Waals surface area contributed by atoms with Crippen LogP contribution < -0.4 is 4.74 Å². The highest BCUT2D eigenvalue weighted by atomic mass is 16.5. The molecule has 0 saturated heterocycles. The normalized spacial score (nSPS) is 17.5. The van der Waals surface area contributed by atoms with E-state index in [4.69, 9.17) is 4.74 Å². The summed E-state index contributed by atoms with van der Waals surface area (Å²) in [5.41, 5.74) is 6.78. The minimum Gasteiger partial charge on any atom is -0.497 e. The van der Waals surface area contributed by atoms with Gasteiger partial charge in [-0.15, -0.1) is 0 Å². The number of ether oxygens (including phenoxy) is 1. The van der Waals surface area contributed by atoms with Crippen LogP contribution in [0.5, 0.6) is 5.75 Å². The number of benzene rings is 2. The van der Waals surface area contributed by atoms with Crippen LogP contribution >= 0.6 is 0 Å². The Labute approximate surface area is 133 Å². The fourth-order valence-electron chi connectivity index (χ4n) is 3.26. The molecule has 1 aliphatic rings. The van der Waals surface area contributed by atoms with Crippen molar-refractivity contribution < 1.29 is 4.74 Å². The quantitative estimate of drug-likeness (QED) is 0.706. The first-order chi connectivity index (χ1) is 10.4. The van der Waals surface area contributed by atoms with Crippen molar-refractivity contribution in [1.82, 2.24) is 0 Å². The zero-order chi connectivity index (χ0) is 15.9. The van der Waals surface area contributed by atoms with Crippen LogP contribution in [0, 0.1) is 0 Å². The zero-order valence-corrected chi connectivity index (χ0v) is 13.9. The van der Waals surface area contributed by atoms with Gasteiger partial charge >= 0.3 is 0 Å². The van der Waals surface area contributed by atoms with Crippen molar-refractivity contribution in [3.05, 3.63) is 71.3 Å². The highest BCUT2D eigenvalue weighted by Gasteiger charge is 2.27. The van der Waals surface area contributed by atoms with E-state index in [9.17, 15) is 0 Å². The van der Waals surface area contributed by atoms with Gasteiger partial charge in [0, 0.05) is 5.92 Å². The molecule has 0 fully saturated rings. The molecule has 0 radical (unpaired) electrons. The van der Waals surface area contributed by atoms with E-state index in [-0.39, 0.29) is 5.41 Å². The van der Waals surface area contributed by atoms with Crippen LogP contribution in [-0.2, 0) is 5.41 Å². The van der Waals surface area contributed by atoms with E-state index in [1.807, 2.05) is 6.07 Å². The molecular formula is C21H24O. The maximum absolute atomic E-state index is 5.39. The molecule has 0 bridgehead atoms. The summed E-state index contributed by atoms with van der Waals surface area (Å²) in [6.45, 7) is 11.0. The van der Waals surface area contributed by atoms with Gasteiger partial charge in [0.05, 0.1) is 7.11 Å².